The van der Waals surface area contributed by atoms with Gasteiger partial charge in [0.2, 0.25) is 0 Å². The fraction of sp³-hybridized carbons (Fsp3) is 0.478. The van der Waals surface area contributed by atoms with Gasteiger partial charge >= 0.3 is 0 Å². The van der Waals surface area contributed by atoms with Gasteiger partial charge in [0.25, 0.3) is 0 Å². The van der Waals surface area contributed by atoms with Gasteiger partial charge in [0.05, 0.1) is 6.04 Å². The number of benzene rings is 2. The van der Waals surface area contributed by atoms with Crippen molar-refractivity contribution in [2.75, 3.05) is 26.2 Å². The van der Waals surface area contributed by atoms with E-state index in [1.165, 1.54) is 22.3 Å². The van der Waals surface area contributed by atoms with Crippen LogP contribution < -0.4 is 10.9 Å². The number of aliphatic hydroxyl groups is 1. The number of aryl methyl sites for hydroxylation is 3. The van der Waals surface area contributed by atoms with Gasteiger partial charge in [-0.15, -0.1) is 0 Å². The third-order valence-corrected chi connectivity index (χ3v) is 6.45. The molecule has 0 aromatic heterocycles. The minimum atomic E-state index is -0.721. The second-order valence-electron chi connectivity index (χ2n) is 8.44. The number of hydrogen-bond donors (Lipinski definition) is 3. The number of β-amino-alcohol motifs (C(OH)–C–C–N with tert-alkyl or cyclic N) is 1. The molecule has 2 aliphatic rings. The third-order valence-electron chi connectivity index (χ3n) is 6.45. The van der Waals surface area contributed by atoms with Crippen molar-refractivity contribution in [3.8, 4) is 0 Å². The maximum Gasteiger partial charge on any atom is 0.104 e. The number of rotatable bonds is 4. The molecule has 2 aliphatic heterocycles. The monoisotopic (exact) mass is 365 g/mol. The molecule has 0 radical (unpaired) electrons. The highest BCUT2D eigenvalue weighted by Gasteiger charge is 2.40. The molecule has 0 saturated carbocycles. The van der Waals surface area contributed by atoms with Gasteiger partial charge in [-0.2, -0.15) is 0 Å². The molecule has 144 valence electrons. The molecule has 27 heavy (non-hydrogen) atoms. The van der Waals surface area contributed by atoms with Crippen LogP contribution in [-0.2, 0) is 5.60 Å². The first kappa shape index (κ1) is 18.6. The van der Waals surface area contributed by atoms with E-state index in [-0.39, 0.29) is 0 Å². The SMILES string of the molecule is Cc1ccc(C2NNCC2CN2CCC(O)(c3ccccc3C)C2)cc1C. The molecule has 4 rings (SSSR count). The van der Waals surface area contributed by atoms with E-state index in [9.17, 15) is 5.11 Å². The molecule has 0 aliphatic carbocycles. The number of hydrazine groups is 1. The smallest absolute Gasteiger partial charge is 0.104 e. The van der Waals surface area contributed by atoms with Gasteiger partial charge in [-0.1, -0.05) is 42.5 Å². The molecular weight excluding hydrogens is 334 g/mol. The highest BCUT2D eigenvalue weighted by molar-refractivity contribution is 5.33. The van der Waals surface area contributed by atoms with Crippen molar-refractivity contribution in [1.82, 2.24) is 15.8 Å². The number of nitrogens with one attached hydrogen (secondary N) is 2. The molecule has 2 aromatic rings. The summed E-state index contributed by atoms with van der Waals surface area (Å²) in [5.74, 6) is 0.492. The lowest BCUT2D eigenvalue weighted by Gasteiger charge is -2.28. The van der Waals surface area contributed by atoms with Crippen LogP contribution >= 0.6 is 0 Å². The van der Waals surface area contributed by atoms with Crippen molar-refractivity contribution < 1.29 is 5.11 Å². The largest absolute Gasteiger partial charge is 0.384 e. The van der Waals surface area contributed by atoms with E-state index in [0.717, 1.165) is 31.6 Å². The van der Waals surface area contributed by atoms with Crippen molar-refractivity contribution >= 4 is 0 Å². The first-order chi connectivity index (χ1) is 13.0. The Morgan fingerprint density at radius 1 is 1.07 bits per heavy atom. The zero-order chi connectivity index (χ0) is 19.0. The van der Waals surface area contributed by atoms with Crippen molar-refractivity contribution in [3.63, 3.8) is 0 Å². The predicted molar refractivity (Wildman–Crippen MR) is 109 cm³/mol. The van der Waals surface area contributed by atoms with Crippen LogP contribution in [0.1, 0.15) is 40.3 Å². The number of likely N-dealkylation sites (tertiary alicyclic amines) is 1. The summed E-state index contributed by atoms with van der Waals surface area (Å²) in [5.41, 5.74) is 12.4. The van der Waals surface area contributed by atoms with E-state index >= 15 is 0 Å². The average Bonchev–Trinajstić information content (AvgIpc) is 3.25. The quantitative estimate of drug-likeness (QED) is 0.780. The molecule has 2 saturated heterocycles. The van der Waals surface area contributed by atoms with Gasteiger partial charge in [0, 0.05) is 32.1 Å². The van der Waals surface area contributed by atoms with Crippen molar-refractivity contribution in [3.05, 3.63) is 70.3 Å². The zero-order valence-electron chi connectivity index (χ0n) is 16.6. The Kier molecular flexibility index (Phi) is 5.08. The van der Waals surface area contributed by atoms with Gasteiger partial charge in [-0.25, -0.2) is 5.43 Å². The van der Waals surface area contributed by atoms with Gasteiger partial charge in [-0.05, 0) is 55.0 Å². The minimum absolute atomic E-state index is 0.316. The Balaban J connectivity index is 1.46. The Bertz CT molecular complexity index is 821. The van der Waals surface area contributed by atoms with Crippen LogP contribution in [-0.4, -0.2) is 36.2 Å². The molecule has 3 unspecified atom stereocenters. The Morgan fingerprint density at radius 3 is 2.67 bits per heavy atom. The van der Waals surface area contributed by atoms with E-state index < -0.39 is 5.60 Å². The molecule has 2 heterocycles. The normalized spacial score (nSPS) is 28.7. The van der Waals surface area contributed by atoms with Crippen LogP contribution in [0.25, 0.3) is 0 Å². The second-order valence-corrected chi connectivity index (χ2v) is 8.44. The molecular formula is C23H31N3O. The van der Waals surface area contributed by atoms with E-state index in [4.69, 9.17) is 0 Å². The summed E-state index contributed by atoms with van der Waals surface area (Å²) in [4.78, 5) is 2.43. The van der Waals surface area contributed by atoms with Gasteiger partial charge in [-0.3, -0.25) is 10.3 Å². The second kappa shape index (κ2) is 7.36. The summed E-state index contributed by atoms with van der Waals surface area (Å²) in [7, 11) is 0. The third kappa shape index (κ3) is 3.67. The minimum Gasteiger partial charge on any atom is -0.384 e. The molecule has 0 spiro atoms. The van der Waals surface area contributed by atoms with Gasteiger partial charge < -0.3 is 5.11 Å². The van der Waals surface area contributed by atoms with Crippen LogP contribution in [0.5, 0.6) is 0 Å². The van der Waals surface area contributed by atoms with Crippen LogP contribution in [0.4, 0.5) is 0 Å². The maximum atomic E-state index is 11.3. The first-order valence-corrected chi connectivity index (χ1v) is 10.0. The van der Waals surface area contributed by atoms with Crippen molar-refractivity contribution in [1.29, 1.82) is 0 Å². The lowest BCUT2D eigenvalue weighted by molar-refractivity contribution is 0.0437. The highest BCUT2D eigenvalue weighted by atomic mass is 16.3. The maximum absolute atomic E-state index is 11.3. The fourth-order valence-electron chi connectivity index (χ4n) is 4.69. The highest BCUT2D eigenvalue weighted by Crippen LogP contribution is 2.35. The van der Waals surface area contributed by atoms with Crippen LogP contribution in [0.15, 0.2) is 42.5 Å². The summed E-state index contributed by atoms with van der Waals surface area (Å²) < 4.78 is 0. The zero-order valence-corrected chi connectivity index (χ0v) is 16.6. The van der Waals surface area contributed by atoms with E-state index in [0.29, 0.717) is 18.5 Å². The molecule has 4 nitrogen and oxygen atoms in total. The van der Waals surface area contributed by atoms with E-state index in [2.05, 4.69) is 66.9 Å². The van der Waals surface area contributed by atoms with Crippen LogP contribution in [0, 0.1) is 26.7 Å². The summed E-state index contributed by atoms with van der Waals surface area (Å²) in [6.07, 6.45) is 0.805. The van der Waals surface area contributed by atoms with Gasteiger partial charge in [0.1, 0.15) is 5.60 Å². The lowest BCUT2D eigenvalue weighted by Crippen LogP contribution is -2.35. The molecule has 4 heteroatoms. The topological polar surface area (TPSA) is 47.5 Å². The average molecular weight is 366 g/mol. The number of nitrogens with zero attached hydrogens (tertiary/aromatic N) is 1. The summed E-state index contributed by atoms with van der Waals surface area (Å²) >= 11 is 0. The first-order valence-electron chi connectivity index (χ1n) is 10.0. The standard InChI is InChI=1S/C23H31N3O/c1-16-8-9-19(12-18(16)3)22-20(13-24-25-22)14-26-11-10-23(27,15-26)21-7-5-4-6-17(21)2/h4-9,12,20,22,24-25,27H,10-11,13-15H2,1-3H3. The molecule has 2 fully saturated rings. The van der Waals surface area contributed by atoms with Crippen molar-refractivity contribution in [2.45, 2.75) is 38.8 Å². The lowest BCUT2D eigenvalue weighted by atomic mass is 9.89. The molecule has 3 atom stereocenters. The molecule has 2 aromatic carbocycles. The number of hydrogen-bond acceptors (Lipinski definition) is 4. The van der Waals surface area contributed by atoms with Gasteiger partial charge in [0.15, 0.2) is 0 Å². The molecule has 3 N–H and O–H groups in total. The summed E-state index contributed by atoms with van der Waals surface area (Å²) in [6, 6.07) is 15.3. The Morgan fingerprint density at radius 2 is 1.89 bits per heavy atom. The van der Waals surface area contributed by atoms with Crippen molar-refractivity contribution in [2.24, 2.45) is 5.92 Å². The van der Waals surface area contributed by atoms with E-state index in [1.807, 2.05) is 12.1 Å². The molecule has 0 amide bonds. The molecule has 0 bridgehead atoms. The Labute approximate surface area is 162 Å². The summed E-state index contributed by atoms with van der Waals surface area (Å²) in [5, 5.41) is 11.3. The van der Waals surface area contributed by atoms with Crippen LogP contribution in [0.3, 0.4) is 0 Å². The summed E-state index contributed by atoms with van der Waals surface area (Å²) in [6.45, 7) is 10.0. The predicted octanol–water partition coefficient (Wildman–Crippen LogP) is 2.97. The Hall–Kier alpha value is -1.72. The van der Waals surface area contributed by atoms with Crippen LogP contribution in [0.2, 0.25) is 0 Å². The van der Waals surface area contributed by atoms with E-state index in [1.54, 1.807) is 0 Å². The fourth-order valence-corrected chi connectivity index (χ4v) is 4.69.